The van der Waals surface area contributed by atoms with Crippen LogP contribution in [0.5, 0.6) is 0 Å². The Kier molecular flexibility index (Phi) is 6.10. The van der Waals surface area contributed by atoms with Crippen molar-refractivity contribution in [1.82, 2.24) is 24.4 Å². The minimum Gasteiger partial charge on any atom is -0.382 e. The zero-order valence-electron chi connectivity index (χ0n) is 16.7. The van der Waals surface area contributed by atoms with Gasteiger partial charge in [-0.3, -0.25) is 4.79 Å². The van der Waals surface area contributed by atoms with Gasteiger partial charge in [-0.1, -0.05) is 4.85 Å². The van der Waals surface area contributed by atoms with E-state index in [1.165, 1.54) is 26.2 Å². The highest BCUT2D eigenvalue weighted by atomic mass is 32.2. The van der Waals surface area contributed by atoms with Crippen molar-refractivity contribution in [3.8, 4) is 0 Å². The van der Waals surface area contributed by atoms with Crippen molar-refractivity contribution < 1.29 is 18.0 Å². The van der Waals surface area contributed by atoms with E-state index in [1.807, 2.05) is 27.7 Å². The average Bonchev–Trinajstić information content (AvgIpc) is 2.96. The van der Waals surface area contributed by atoms with Gasteiger partial charge in [0.05, 0.1) is 4.90 Å². The zero-order chi connectivity index (χ0) is 20.5. The lowest BCUT2D eigenvalue weighted by molar-refractivity contribution is -0.147. The molecule has 1 aromatic carbocycles. The van der Waals surface area contributed by atoms with Crippen LogP contribution >= 0.6 is 0 Å². The third kappa shape index (κ3) is 4.22. The molecule has 0 radical (unpaired) electrons. The van der Waals surface area contributed by atoms with Crippen LogP contribution < -0.4 is 4.84 Å². The van der Waals surface area contributed by atoms with Crippen molar-refractivity contribution in [3.63, 3.8) is 0 Å². The summed E-state index contributed by atoms with van der Waals surface area (Å²) in [6.07, 6.45) is -0.811. The normalized spacial score (nSPS) is 13.6. The van der Waals surface area contributed by atoms with Crippen molar-refractivity contribution >= 4 is 27.0 Å². The SMILES string of the molecule is CC(C)N(C(=O)[C@@H](C)On1nnc2ccc(S(=O)(=O)N(C)C)cc21)C(C)C. The molecule has 0 fully saturated rings. The molecule has 10 heteroatoms. The lowest BCUT2D eigenvalue weighted by Gasteiger charge is -2.32. The molecule has 0 unspecified atom stereocenters. The Morgan fingerprint density at radius 2 is 1.70 bits per heavy atom. The number of fused-ring (bicyclic) bond motifs is 1. The highest BCUT2D eigenvalue weighted by Crippen LogP contribution is 2.19. The van der Waals surface area contributed by atoms with Gasteiger partial charge in [-0.25, -0.2) is 12.7 Å². The molecule has 9 nitrogen and oxygen atoms in total. The fraction of sp³-hybridized carbons (Fsp3) is 0.588. The Morgan fingerprint density at radius 1 is 1.11 bits per heavy atom. The molecule has 2 rings (SSSR count). The monoisotopic (exact) mass is 397 g/mol. The quantitative estimate of drug-likeness (QED) is 0.695. The van der Waals surface area contributed by atoms with Gasteiger partial charge >= 0.3 is 0 Å². The number of aromatic nitrogens is 3. The summed E-state index contributed by atoms with van der Waals surface area (Å²) in [4.78, 5) is 21.3. The summed E-state index contributed by atoms with van der Waals surface area (Å²) in [5.41, 5.74) is 0.843. The molecular weight excluding hydrogens is 370 g/mol. The van der Waals surface area contributed by atoms with Crippen molar-refractivity contribution in [3.05, 3.63) is 18.2 Å². The Hall–Kier alpha value is -2.20. The van der Waals surface area contributed by atoms with Crippen LogP contribution in [0.2, 0.25) is 0 Å². The molecule has 0 N–H and O–H groups in total. The molecule has 1 aromatic heterocycles. The number of sulfonamides is 1. The molecule has 0 spiro atoms. The van der Waals surface area contributed by atoms with Gasteiger partial charge in [0.25, 0.3) is 5.91 Å². The summed E-state index contributed by atoms with van der Waals surface area (Å²) in [6, 6.07) is 4.50. The first-order valence-electron chi connectivity index (χ1n) is 8.74. The molecule has 2 aromatic rings. The molecule has 0 aliphatic carbocycles. The van der Waals surface area contributed by atoms with E-state index in [9.17, 15) is 13.2 Å². The van der Waals surface area contributed by atoms with E-state index in [1.54, 1.807) is 17.9 Å². The highest BCUT2D eigenvalue weighted by molar-refractivity contribution is 7.89. The van der Waals surface area contributed by atoms with E-state index < -0.39 is 16.1 Å². The van der Waals surface area contributed by atoms with Crippen LogP contribution in [0.1, 0.15) is 34.6 Å². The van der Waals surface area contributed by atoms with Crippen LogP contribution in [-0.4, -0.2) is 71.0 Å². The minimum absolute atomic E-state index is 0.0212. The van der Waals surface area contributed by atoms with Gasteiger partial charge in [-0.15, -0.1) is 5.10 Å². The smallest absolute Gasteiger partial charge is 0.266 e. The van der Waals surface area contributed by atoms with Crippen LogP contribution in [0.4, 0.5) is 0 Å². The van der Waals surface area contributed by atoms with Gasteiger partial charge in [0.2, 0.25) is 16.1 Å². The topological polar surface area (TPSA) is 97.6 Å². The largest absolute Gasteiger partial charge is 0.382 e. The van der Waals surface area contributed by atoms with E-state index in [0.29, 0.717) is 11.0 Å². The first-order chi connectivity index (χ1) is 12.5. The van der Waals surface area contributed by atoms with Gasteiger partial charge in [-0.05, 0) is 58.0 Å². The Labute approximate surface area is 159 Å². The minimum atomic E-state index is -3.61. The maximum atomic E-state index is 12.7. The van der Waals surface area contributed by atoms with Gasteiger partial charge in [0.1, 0.15) is 11.0 Å². The summed E-state index contributed by atoms with van der Waals surface area (Å²) in [5, 5.41) is 7.87. The molecule has 150 valence electrons. The molecule has 1 atom stereocenters. The van der Waals surface area contributed by atoms with Gasteiger partial charge in [0.15, 0.2) is 0 Å². The molecular formula is C17H27N5O4S. The van der Waals surface area contributed by atoms with Crippen LogP contribution in [-0.2, 0) is 14.8 Å². The Balaban J connectivity index is 2.35. The molecule has 0 bridgehead atoms. The van der Waals surface area contributed by atoms with Gasteiger partial charge < -0.3 is 9.74 Å². The van der Waals surface area contributed by atoms with Crippen molar-refractivity contribution in [1.29, 1.82) is 0 Å². The second-order valence-corrected chi connectivity index (χ2v) is 9.23. The third-order valence-electron chi connectivity index (χ3n) is 4.14. The average molecular weight is 398 g/mol. The van der Waals surface area contributed by atoms with Crippen molar-refractivity contribution in [2.45, 2.75) is 57.7 Å². The standard InChI is InChI=1S/C17H27N5O4S/c1-11(2)21(12(3)4)17(23)13(5)26-22-16-10-14(27(24,25)20(6)7)8-9-15(16)18-19-22/h8-13H,1-7H3/t13-/m1/s1. The number of nitrogens with zero attached hydrogens (tertiary/aromatic N) is 5. The fourth-order valence-corrected chi connectivity index (χ4v) is 3.76. The van der Waals surface area contributed by atoms with E-state index in [-0.39, 0.29) is 22.9 Å². The molecule has 1 heterocycles. The molecule has 0 saturated carbocycles. The summed E-state index contributed by atoms with van der Waals surface area (Å²) in [5.74, 6) is -0.180. The number of benzene rings is 1. The second kappa shape index (κ2) is 7.81. The van der Waals surface area contributed by atoms with E-state index in [0.717, 1.165) is 9.15 Å². The van der Waals surface area contributed by atoms with Crippen LogP contribution in [0, 0.1) is 0 Å². The lowest BCUT2D eigenvalue weighted by atomic mass is 10.2. The van der Waals surface area contributed by atoms with Crippen molar-refractivity contribution in [2.75, 3.05) is 14.1 Å². The molecule has 27 heavy (non-hydrogen) atoms. The van der Waals surface area contributed by atoms with Crippen LogP contribution in [0.15, 0.2) is 23.1 Å². The number of carbonyl (C=O) groups is 1. The summed E-state index contributed by atoms with van der Waals surface area (Å²) >= 11 is 0. The van der Waals surface area contributed by atoms with Gasteiger partial charge in [0, 0.05) is 26.2 Å². The molecule has 0 saturated heterocycles. The number of hydrogen-bond acceptors (Lipinski definition) is 6. The van der Waals surface area contributed by atoms with Crippen LogP contribution in [0.25, 0.3) is 11.0 Å². The molecule has 0 aliphatic rings. The first kappa shape index (κ1) is 21.1. The van der Waals surface area contributed by atoms with Gasteiger partial charge in [-0.2, -0.15) is 0 Å². The number of hydrogen-bond donors (Lipinski definition) is 0. The summed E-state index contributed by atoms with van der Waals surface area (Å²) < 4.78 is 25.8. The number of amides is 1. The second-order valence-electron chi connectivity index (χ2n) is 7.08. The highest BCUT2D eigenvalue weighted by Gasteiger charge is 2.28. The third-order valence-corrected chi connectivity index (χ3v) is 5.95. The lowest BCUT2D eigenvalue weighted by Crippen LogP contribution is -2.49. The molecule has 0 aliphatic heterocycles. The predicted octanol–water partition coefficient (Wildman–Crippen LogP) is 1.14. The Morgan fingerprint density at radius 3 is 2.22 bits per heavy atom. The maximum absolute atomic E-state index is 12.7. The number of carbonyl (C=O) groups excluding carboxylic acids is 1. The summed E-state index contributed by atoms with van der Waals surface area (Å²) in [7, 11) is -0.696. The zero-order valence-corrected chi connectivity index (χ0v) is 17.6. The Bertz CT molecular complexity index is 913. The van der Waals surface area contributed by atoms with Crippen molar-refractivity contribution in [2.24, 2.45) is 0 Å². The number of rotatable bonds is 7. The van der Waals surface area contributed by atoms with Crippen LogP contribution in [0.3, 0.4) is 0 Å². The fourth-order valence-electron chi connectivity index (χ4n) is 2.84. The first-order valence-corrected chi connectivity index (χ1v) is 10.2. The van der Waals surface area contributed by atoms with E-state index >= 15 is 0 Å². The predicted molar refractivity (Wildman–Crippen MR) is 102 cm³/mol. The van der Waals surface area contributed by atoms with E-state index in [2.05, 4.69) is 10.3 Å². The van der Waals surface area contributed by atoms with E-state index in [4.69, 9.17) is 4.84 Å². The molecule has 1 amide bonds. The maximum Gasteiger partial charge on any atom is 0.266 e. The summed E-state index contributed by atoms with van der Waals surface area (Å²) in [6.45, 7) is 9.39.